The van der Waals surface area contributed by atoms with Gasteiger partial charge >= 0.3 is 0 Å². The number of non-ortho nitro benzene ring substituents is 1. The average Bonchev–Trinajstić information content (AvgIpc) is 2.71. The highest BCUT2D eigenvalue weighted by Gasteiger charge is 2.17. The predicted molar refractivity (Wildman–Crippen MR) is 52.5 cm³/mol. The molecule has 5 nitrogen and oxygen atoms in total. The van der Waals surface area contributed by atoms with Gasteiger partial charge < -0.3 is 9.47 Å². The van der Waals surface area contributed by atoms with Gasteiger partial charge in [0.15, 0.2) is 6.29 Å². The number of rotatable bonds is 3. The molecule has 1 aliphatic heterocycles. The fourth-order valence-electron chi connectivity index (χ4n) is 1.51. The normalized spacial score (nSPS) is 16.8. The first-order valence-corrected chi connectivity index (χ1v) is 4.72. The Kier molecular flexibility index (Phi) is 2.94. The van der Waals surface area contributed by atoms with E-state index >= 15 is 0 Å². The van der Waals surface area contributed by atoms with Crippen molar-refractivity contribution in [2.75, 3.05) is 13.2 Å². The fraction of sp³-hybridized carbons (Fsp3) is 0.400. The van der Waals surface area contributed by atoms with E-state index in [4.69, 9.17) is 9.47 Å². The molecule has 0 spiro atoms. The molecule has 1 fully saturated rings. The molecule has 0 aliphatic carbocycles. The summed E-state index contributed by atoms with van der Waals surface area (Å²) in [5.41, 5.74) is 0.960. The maximum Gasteiger partial charge on any atom is 0.269 e. The second kappa shape index (κ2) is 4.37. The van der Waals surface area contributed by atoms with Gasteiger partial charge in [-0.05, 0) is 5.56 Å². The van der Waals surface area contributed by atoms with Crippen LogP contribution >= 0.6 is 0 Å². The van der Waals surface area contributed by atoms with Gasteiger partial charge in [0.05, 0.1) is 18.1 Å². The van der Waals surface area contributed by atoms with E-state index in [2.05, 4.69) is 0 Å². The molecule has 1 saturated heterocycles. The Labute approximate surface area is 86.8 Å². The number of nitro groups is 1. The highest BCUT2D eigenvalue weighted by atomic mass is 16.7. The summed E-state index contributed by atoms with van der Waals surface area (Å²) in [5.74, 6) is 0. The molecule has 1 aliphatic rings. The molecule has 1 heterocycles. The number of nitrogens with zero attached hydrogens (tertiary/aromatic N) is 1. The predicted octanol–water partition coefficient (Wildman–Crippen LogP) is 1.51. The van der Waals surface area contributed by atoms with Crippen molar-refractivity contribution in [2.45, 2.75) is 12.7 Å². The van der Waals surface area contributed by atoms with Crippen molar-refractivity contribution < 1.29 is 14.4 Å². The maximum absolute atomic E-state index is 10.5. The molecule has 80 valence electrons. The van der Waals surface area contributed by atoms with Gasteiger partial charge in [-0.3, -0.25) is 10.1 Å². The van der Waals surface area contributed by atoms with E-state index in [1.165, 1.54) is 6.07 Å². The van der Waals surface area contributed by atoms with E-state index in [0.717, 1.165) is 5.56 Å². The van der Waals surface area contributed by atoms with Crippen molar-refractivity contribution in [1.29, 1.82) is 0 Å². The Bertz CT molecular complexity index is 360. The summed E-state index contributed by atoms with van der Waals surface area (Å²) < 4.78 is 10.5. The van der Waals surface area contributed by atoms with Crippen LogP contribution in [-0.2, 0) is 15.9 Å². The van der Waals surface area contributed by atoms with Gasteiger partial charge in [0.2, 0.25) is 0 Å². The van der Waals surface area contributed by atoms with E-state index < -0.39 is 4.92 Å². The zero-order valence-corrected chi connectivity index (χ0v) is 8.09. The molecule has 5 heteroatoms. The van der Waals surface area contributed by atoms with Crippen LogP contribution in [0.15, 0.2) is 24.3 Å². The Morgan fingerprint density at radius 1 is 1.40 bits per heavy atom. The summed E-state index contributed by atoms with van der Waals surface area (Å²) in [6, 6.07) is 6.52. The van der Waals surface area contributed by atoms with Gasteiger partial charge in [-0.2, -0.15) is 0 Å². The molecule has 0 atom stereocenters. The number of nitro benzene ring substituents is 1. The monoisotopic (exact) mass is 209 g/mol. The molecule has 0 bridgehead atoms. The standard InChI is InChI=1S/C10H11NO4/c12-11(13)9-3-1-2-8(6-9)7-10-14-4-5-15-10/h1-3,6,10H,4-5,7H2. The topological polar surface area (TPSA) is 61.6 Å². The summed E-state index contributed by atoms with van der Waals surface area (Å²) in [5, 5.41) is 10.5. The van der Waals surface area contributed by atoms with Crippen LogP contribution in [0.3, 0.4) is 0 Å². The number of hydrogen-bond donors (Lipinski definition) is 0. The van der Waals surface area contributed by atoms with Crippen molar-refractivity contribution in [2.24, 2.45) is 0 Å². The first-order valence-electron chi connectivity index (χ1n) is 4.72. The Morgan fingerprint density at radius 3 is 2.80 bits per heavy atom. The average molecular weight is 209 g/mol. The van der Waals surface area contributed by atoms with Crippen LogP contribution in [-0.4, -0.2) is 24.4 Å². The van der Waals surface area contributed by atoms with E-state index in [9.17, 15) is 10.1 Å². The zero-order valence-electron chi connectivity index (χ0n) is 8.09. The van der Waals surface area contributed by atoms with Gasteiger partial charge in [-0.25, -0.2) is 0 Å². The highest BCUT2D eigenvalue weighted by Crippen LogP contribution is 2.17. The summed E-state index contributed by atoms with van der Waals surface area (Å²) in [6.07, 6.45) is 0.300. The Morgan fingerprint density at radius 2 is 2.13 bits per heavy atom. The quantitative estimate of drug-likeness (QED) is 0.559. The molecule has 15 heavy (non-hydrogen) atoms. The molecular weight excluding hydrogens is 198 g/mol. The fourth-order valence-corrected chi connectivity index (χ4v) is 1.51. The van der Waals surface area contributed by atoms with Gasteiger partial charge in [-0.1, -0.05) is 12.1 Å². The highest BCUT2D eigenvalue weighted by molar-refractivity contribution is 5.34. The van der Waals surface area contributed by atoms with Crippen LogP contribution in [0.5, 0.6) is 0 Å². The van der Waals surface area contributed by atoms with Gasteiger partial charge in [0.1, 0.15) is 0 Å². The van der Waals surface area contributed by atoms with E-state index in [1.807, 2.05) is 6.07 Å². The number of hydrogen-bond acceptors (Lipinski definition) is 4. The van der Waals surface area contributed by atoms with Crippen LogP contribution in [0, 0.1) is 10.1 Å². The Balaban J connectivity index is 2.07. The summed E-state index contributed by atoms with van der Waals surface area (Å²) in [6.45, 7) is 1.19. The van der Waals surface area contributed by atoms with Crippen molar-refractivity contribution in [3.8, 4) is 0 Å². The molecule has 0 aromatic heterocycles. The van der Waals surface area contributed by atoms with Crippen molar-refractivity contribution >= 4 is 5.69 Å². The lowest BCUT2D eigenvalue weighted by Gasteiger charge is -2.08. The van der Waals surface area contributed by atoms with Crippen molar-refractivity contribution in [3.63, 3.8) is 0 Å². The van der Waals surface area contributed by atoms with Crippen molar-refractivity contribution in [1.82, 2.24) is 0 Å². The summed E-state index contributed by atoms with van der Waals surface area (Å²) in [7, 11) is 0. The smallest absolute Gasteiger partial charge is 0.269 e. The first kappa shape index (κ1) is 10.1. The summed E-state index contributed by atoms with van der Waals surface area (Å²) in [4.78, 5) is 10.1. The molecule has 0 unspecified atom stereocenters. The number of benzene rings is 1. The molecule has 1 aromatic carbocycles. The third-order valence-corrected chi connectivity index (χ3v) is 2.21. The van der Waals surface area contributed by atoms with Gasteiger partial charge in [0, 0.05) is 18.6 Å². The molecule has 2 rings (SSSR count). The molecular formula is C10H11NO4. The Hall–Kier alpha value is -1.46. The lowest BCUT2D eigenvalue weighted by Crippen LogP contribution is -2.11. The molecule has 1 aromatic rings. The molecule has 0 N–H and O–H groups in total. The largest absolute Gasteiger partial charge is 0.350 e. The third kappa shape index (κ3) is 2.51. The van der Waals surface area contributed by atoms with Crippen LogP contribution in [0.2, 0.25) is 0 Å². The van der Waals surface area contributed by atoms with Crippen LogP contribution in [0.25, 0.3) is 0 Å². The third-order valence-electron chi connectivity index (χ3n) is 2.21. The number of ether oxygens (including phenoxy) is 2. The first-order chi connectivity index (χ1) is 7.25. The molecule has 0 amide bonds. The SMILES string of the molecule is O=[N+]([O-])c1cccc(CC2OCCO2)c1. The molecule has 0 radical (unpaired) electrons. The minimum absolute atomic E-state index is 0.102. The van der Waals surface area contributed by atoms with Crippen LogP contribution < -0.4 is 0 Å². The van der Waals surface area contributed by atoms with E-state index in [1.54, 1.807) is 12.1 Å². The van der Waals surface area contributed by atoms with Gasteiger partial charge in [-0.15, -0.1) is 0 Å². The van der Waals surface area contributed by atoms with Gasteiger partial charge in [0.25, 0.3) is 5.69 Å². The van der Waals surface area contributed by atoms with Crippen molar-refractivity contribution in [3.05, 3.63) is 39.9 Å². The zero-order chi connectivity index (χ0) is 10.7. The van der Waals surface area contributed by atoms with E-state index in [0.29, 0.717) is 19.6 Å². The lowest BCUT2D eigenvalue weighted by atomic mass is 10.1. The molecule has 0 saturated carbocycles. The van der Waals surface area contributed by atoms with Crippen LogP contribution in [0.1, 0.15) is 5.56 Å². The minimum atomic E-state index is -0.403. The minimum Gasteiger partial charge on any atom is -0.350 e. The second-order valence-electron chi connectivity index (χ2n) is 3.30. The summed E-state index contributed by atoms with van der Waals surface area (Å²) >= 11 is 0. The van der Waals surface area contributed by atoms with Crippen LogP contribution in [0.4, 0.5) is 5.69 Å². The second-order valence-corrected chi connectivity index (χ2v) is 3.30. The maximum atomic E-state index is 10.5. The lowest BCUT2D eigenvalue weighted by molar-refractivity contribution is -0.384. The van der Waals surface area contributed by atoms with E-state index in [-0.39, 0.29) is 12.0 Å².